The Bertz CT molecular complexity index is 1780. The average Bonchev–Trinajstić information content (AvgIpc) is 3.62. The van der Waals surface area contributed by atoms with E-state index in [1.54, 1.807) is 18.2 Å². The number of nitrogens with one attached hydrogen (secondary N) is 2. The number of hydroxylamine groups is 1. The van der Waals surface area contributed by atoms with Gasteiger partial charge in [0.25, 0.3) is 0 Å². The fraction of sp³-hybridized carbons (Fsp3) is 0.324. The molecular formula is C37H43FN8O3. The van der Waals surface area contributed by atoms with Gasteiger partial charge in [0.1, 0.15) is 23.7 Å². The molecule has 256 valence electrons. The van der Waals surface area contributed by atoms with E-state index < -0.39 is 0 Å². The number of nitrogens with zero attached hydrogens (tertiary/aromatic N) is 6. The number of amides is 1. The minimum absolute atomic E-state index is 0.103. The highest BCUT2D eigenvalue weighted by atomic mass is 19.1. The highest BCUT2D eigenvalue weighted by Gasteiger charge is 2.30. The van der Waals surface area contributed by atoms with E-state index in [2.05, 4.69) is 62.0 Å². The number of aromatic nitrogens is 2. The summed E-state index contributed by atoms with van der Waals surface area (Å²) in [5.41, 5.74) is 4.92. The van der Waals surface area contributed by atoms with Gasteiger partial charge in [-0.1, -0.05) is 36.9 Å². The molecule has 11 nitrogen and oxygen atoms in total. The molecule has 2 aliphatic rings. The second kappa shape index (κ2) is 15.5. The van der Waals surface area contributed by atoms with Crippen molar-refractivity contribution in [2.24, 2.45) is 0 Å². The van der Waals surface area contributed by atoms with E-state index in [1.165, 1.54) is 24.5 Å². The highest BCUT2D eigenvalue weighted by Crippen LogP contribution is 2.40. The van der Waals surface area contributed by atoms with Crippen molar-refractivity contribution < 1.29 is 18.8 Å². The first-order valence-corrected chi connectivity index (χ1v) is 16.5. The second-order valence-corrected chi connectivity index (χ2v) is 12.4. The Morgan fingerprint density at radius 2 is 1.82 bits per heavy atom. The number of methoxy groups -OCH3 is 1. The molecule has 2 N–H and O–H groups in total. The van der Waals surface area contributed by atoms with Crippen LogP contribution in [0.15, 0.2) is 85.7 Å². The summed E-state index contributed by atoms with van der Waals surface area (Å²) in [4.78, 5) is 34.5. The van der Waals surface area contributed by atoms with Crippen LogP contribution in [0.4, 0.5) is 33.1 Å². The topological polar surface area (TPSA) is 98.3 Å². The predicted molar refractivity (Wildman–Crippen MR) is 192 cm³/mol. The number of carbonyl (C=O) groups excluding carboxylic acids is 1. The summed E-state index contributed by atoms with van der Waals surface area (Å²) in [5.74, 6) is 1.13. The number of hydrogen-bond acceptors (Lipinski definition) is 10. The number of piperazine rings is 1. The van der Waals surface area contributed by atoms with Gasteiger partial charge >= 0.3 is 0 Å². The van der Waals surface area contributed by atoms with Gasteiger partial charge in [0.15, 0.2) is 5.82 Å². The van der Waals surface area contributed by atoms with Crippen LogP contribution in [0.3, 0.4) is 0 Å². The fourth-order valence-corrected chi connectivity index (χ4v) is 6.20. The number of anilines is 5. The lowest BCUT2D eigenvalue weighted by molar-refractivity contribution is -0.111. The van der Waals surface area contributed by atoms with Gasteiger partial charge in [-0.2, -0.15) is 0 Å². The van der Waals surface area contributed by atoms with Crippen LogP contribution in [0.25, 0.3) is 11.1 Å². The van der Waals surface area contributed by atoms with Crippen LogP contribution in [0.1, 0.15) is 18.0 Å². The molecular weight excluding hydrogens is 623 g/mol. The molecule has 6 rings (SSSR count). The van der Waals surface area contributed by atoms with E-state index in [0.29, 0.717) is 35.4 Å². The van der Waals surface area contributed by atoms with Gasteiger partial charge in [0.2, 0.25) is 5.91 Å². The largest absolute Gasteiger partial charge is 0.494 e. The van der Waals surface area contributed by atoms with Gasteiger partial charge in [-0.25, -0.2) is 19.4 Å². The van der Waals surface area contributed by atoms with Crippen LogP contribution >= 0.6 is 0 Å². The van der Waals surface area contributed by atoms with Crippen LogP contribution in [0.5, 0.6) is 5.75 Å². The Kier molecular flexibility index (Phi) is 10.7. The maximum Gasteiger partial charge on any atom is 0.247 e. The SMILES string of the molecule is C=CC(=O)Nc1cc(Nc2cc(N3OCC[C@@H]3c3cccc(-c4cccc(F)c4)c3)ncn2)c(OC)cc1N1CCN(CCN(C)C)CC1. The third-order valence-corrected chi connectivity index (χ3v) is 8.81. The summed E-state index contributed by atoms with van der Waals surface area (Å²) in [5, 5.41) is 8.16. The van der Waals surface area contributed by atoms with Crippen molar-refractivity contribution >= 4 is 34.6 Å². The number of halogens is 1. The van der Waals surface area contributed by atoms with Crippen LogP contribution < -0.4 is 25.3 Å². The summed E-state index contributed by atoms with van der Waals surface area (Å²) in [6.45, 7) is 9.66. The summed E-state index contributed by atoms with van der Waals surface area (Å²) in [6.07, 6.45) is 3.50. The van der Waals surface area contributed by atoms with Crippen LogP contribution in [-0.2, 0) is 9.63 Å². The van der Waals surface area contributed by atoms with E-state index in [4.69, 9.17) is 9.57 Å². The average molecular weight is 667 g/mol. The minimum Gasteiger partial charge on any atom is -0.494 e. The molecule has 1 amide bonds. The first kappa shape index (κ1) is 33.8. The van der Waals surface area contributed by atoms with Gasteiger partial charge in [-0.15, -0.1) is 0 Å². The van der Waals surface area contributed by atoms with Crippen LogP contribution in [0, 0.1) is 5.82 Å². The highest BCUT2D eigenvalue weighted by molar-refractivity contribution is 6.02. The molecule has 3 heterocycles. The summed E-state index contributed by atoms with van der Waals surface area (Å²) >= 11 is 0. The summed E-state index contributed by atoms with van der Waals surface area (Å²) in [6, 6.07) is 20.2. The summed E-state index contributed by atoms with van der Waals surface area (Å²) < 4.78 is 19.8. The number of hydrogen-bond donors (Lipinski definition) is 2. The van der Waals surface area contributed by atoms with E-state index in [0.717, 1.165) is 68.1 Å². The van der Waals surface area contributed by atoms with Crippen molar-refractivity contribution in [3.63, 3.8) is 0 Å². The van der Waals surface area contributed by atoms with Gasteiger partial charge in [0.05, 0.1) is 36.8 Å². The zero-order chi connectivity index (χ0) is 34.3. The summed E-state index contributed by atoms with van der Waals surface area (Å²) in [7, 11) is 5.80. The number of carbonyl (C=O) groups is 1. The van der Waals surface area contributed by atoms with Crippen molar-refractivity contribution in [2.45, 2.75) is 12.5 Å². The van der Waals surface area contributed by atoms with E-state index in [-0.39, 0.29) is 17.8 Å². The van der Waals surface area contributed by atoms with Crippen LogP contribution in [-0.4, -0.2) is 92.8 Å². The Labute approximate surface area is 286 Å². The zero-order valence-electron chi connectivity index (χ0n) is 28.2. The van der Waals surface area contributed by atoms with E-state index in [1.807, 2.05) is 42.5 Å². The van der Waals surface area contributed by atoms with Crippen molar-refractivity contribution in [3.05, 3.63) is 97.1 Å². The molecule has 0 saturated carbocycles. The molecule has 1 atom stereocenters. The molecule has 1 aromatic heterocycles. The van der Waals surface area contributed by atoms with Crippen molar-refractivity contribution in [1.82, 2.24) is 19.8 Å². The first-order valence-electron chi connectivity index (χ1n) is 16.5. The van der Waals surface area contributed by atoms with E-state index >= 15 is 0 Å². The fourth-order valence-electron chi connectivity index (χ4n) is 6.20. The van der Waals surface area contributed by atoms with Crippen LogP contribution in [0.2, 0.25) is 0 Å². The van der Waals surface area contributed by atoms with Gasteiger partial charge in [-0.3, -0.25) is 14.5 Å². The molecule has 4 aromatic rings. The lowest BCUT2D eigenvalue weighted by Crippen LogP contribution is -2.48. The lowest BCUT2D eigenvalue weighted by atomic mass is 9.98. The number of rotatable bonds is 12. The number of likely N-dealkylation sites (N-methyl/N-ethyl adjacent to an activating group) is 1. The van der Waals surface area contributed by atoms with Crippen molar-refractivity contribution in [2.75, 3.05) is 87.7 Å². The molecule has 2 saturated heterocycles. The quantitative estimate of drug-likeness (QED) is 0.183. The molecule has 0 unspecified atom stereocenters. The van der Waals surface area contributed by atoms with Gasteiger partial charge in [-0.05, 0) is 61.1 Å². The Morgan fingerprint density at radius 3 is 2.55 bits per heavy atom. The molecule has 0 radical (unpaired) electrons. The molecule has 0 aliphatic carbocycles. The zero-order valence-corrected chi connectivity index (χ0v) is 28.2. The smallest absolute Gasteiger partial charge is 0.247 e. The van der Waals surface area contributed by atoms with Gasteiger partial charge < -0.3 is 25.2 Å². The lowest BCUT2D eigenvalue weighted by Gasteiger charge is -2.37. The maximum atomic E-state index is 14.0. The maximum absolute atomic E-state index is 14.0. The van der Waals surface area contributed by atoms with Crippen molar-refractivity contribution in [1.29, 1.82) is 0 Å². The molecule has 2 aliphatic heterocycles. The Balaban J connectivity index is 1.23. The number of ether oxygens (including phenoxy) is 1. The number of benzene rings is 3. The standard InChI is InChI=1S/C37H43FN8O3/c1-5-37(47)42-30-22-31(34(48-4)23-33(30)45-17-15-44(16-18-45)14-13-43(2)3)41-35-24-36(40-25-39-35)46-32(12-19-49-46)28-10-6-8-26(20-28)27-9-7-11-29(38)21-27/h5-11,20-25,32H,1,12-19H2,2-4H3,(H,42,47)(H,39,40,41)/t32-/m1/s1. The third kappa shape index (κ3) is 8.16. The van der Waals surface area contributed by atoms with E-state index in [9.17, 15) is 9.18 Å². The molecule has 3 aromatic carbocycles. The van der Waals surface area contributed by atoms with Gasteiger partial charge in [0, 0.05) is 57.8 Å². The molecule has 49 heavy (non-hydrogen) atoms. The Morgan fingerprint density at radius 1 is 1.04 bits per heavy atom. The second-order valence-electron chi connectivity index (χ2n) is 12.4. The molecule has 2 fully saturated rings. The van der Waals surface area contributed by atoms with Crippen molar-refractivity contribution in [3.8, 4) is 16.9 Å². The third-order valence-electron chi connectivity index (χ3n) is 8.81. The predicted octanol–water partition coefficient (Wildman–Crippen LogP) is 5.73. The molecule has 0 spiro atoms. The monoisotopic (exact) mass is 666 g/mol. The minimum atomic E-state index is -0.301. The molecule has 12 heteroatoms. The first-order chi connectivity index (χ1) is 23.8. The normalized spacial score (nSPS) is 16.6. The Hall–Kier alpha value is -5.04. The molecule has 0 bridgehead atoms.